The Kier molecular flexibility index (Phi) is 4.78. The Morgan fingerprint density at radius 3 is 2.78 bits per heavy atom. The van der Waals surface area contributed by atoms with Crippen LogP contribution < -0.4 is 0 Å². The van der Waals surface area contributed by atoms with Crippen molar-refractivity contribution in [3.8, 4) is 11.6 Å². The molecule has 0 bridgehead atoms. The highest BCUT2D eigenvalue weighted by atomic mass is 19.4. The SMILES string of the molecule is Cn1cnc(-c2nc(C(F)(F)F)c(C(=O)N3CCc4[nH]cnc4[C@H]3c3cc4cccc(F)c4o3)o2)c1. The van der Waals surface area contributed by atoms with E-state index >= 15 is 0 Å². The van der Waals surface area contributed by atoms with Gasteiger partial charge in [0.25, 0.3) is 5.91 Å². The maximum Gasteiger partial charge on any atom is 0.437 e. The van der Waals surface area contributed by atoms with Crippen molar-refractivity contribution in [3.05, 3.63) is 77.5 Å². The molecule has 1 aromatic carbocycles. The second-order valence-electron chi connectivity index (χ2n) is 8.34. The average molecular weight is 500 g/mol. The monoisotopic (exact) mass is 500 g/mol. The number of alkyl halides is 3. The predicted octanol–water partition coefficient (Wildman–Crippen LogP) is 4.49. The number of oxazole rings is 1. The van der Waals surface area contributed by atoms with E-state index in [0.29, 0.717) is 23.2 Å². The maximum absolute atomic E-state index is 14.3. The Morgan fingerprint density at radius 1 is 1.22 bits per heavy atom. The highest BCUT2D eigenvalue weighted by molar-refractivity contribution is 5.94. The topological polar surface area (TPSA) is 106 Å². The number of amides is 1. The Labute approximate surface area is 199 Å². The molecular weight excluding hydrogens is 484 g/mol. The third kappa shape index (κ3) is 3.46. The number of aromatic nitrogens is 5. The third-order valence-corrected chi connectivity index (χ3v) is 5.98. The number of nitrogens with one attached hydrogen (secondary N) is 1. The summed E-state index contributed by atoms with van der Waals surface area (Å²) in [5.41, 5.74) is -0.384. The Bertz CT molecular complexity index is 1610. The normalized spacial score (nSPS) is 16.0. The van der Waals surface area contributed by atoms with E-state index in [2.05, 4.69) is 19.9 Å². The standard InChI is InChI=1S/C23H16F4N6O3/c1-32-8-14(30-10-32)21-31-20(23(25,26)27)19(36-21)22(34)33-6-5-13-16(29-9-28-13)17(33)15-7-11-3-2-4-12(24)18(11)35-15/h2-4,7-10,17H,5-6H2,1H3,(H,28,29)/t17-/m1/s1. The summed E-state index contributed by atoms with van der Waals surface area (Å²) in [5.74, 6) is -2.93. The van der Waals surface area contributed by atoms with Crippen LogP contribution >= 0.6 is 0 Å². The molecule has 9 nitrogen and oxygen atoms in total. The van der Waals surface area contributed by atoms with Gasteiger partial charge in [-0.05, 0) is 12.1 Å². The van der Waals surface area contributed by atoms with Crippen LogP contribution in [0.15, 0.2) is 52.0 Å². The highest BCUT2D eigenvalue weighted by Crippen LogP contribution is 2.40. The molecule has 0 saturated heterocycles. The van der Waals surface area contributed by atoms with Crippen LogP contribution in [0.5, 0.6) is 0 Å². The van der Waals surface area contributed by atoms with E-state index in [1.54, 1.807) is 13.1 Å². The van der Waals surface area contributed by atoms with Gasteiger partial charge in [0.1, 0.15) is 17.5 Å². The number of imidazole rings is 2. The zero-order chi connectivity index (χ0) is 25.2. The number of aromatic amines is 1. The number of fused-ring (bicyclic) bond motifs is 2. The third-order valence-electron chi connectivity index (χ3n) is 5.98. The quantitative estimate of drug-likeness (QED) is 0.366. The molecule has 0 radical (unpaired) electrons. The van der Waals surface area contributed by atoms with E-state index < -0.39 is 41.3 Å². The summed E-state index contributed by atoms with van der Waals surface area (Å²) < 4.78 is 68.7. The molecule has 0 saturated carbocycles. The number of benzene rings is 1. The number of hydrogen-bond donors (Lipinski definition) is 1. The van der Waals surface area contributed by atoms with Crippen LogP contribution in [0, 0.1) is 5.82 Å². The number of H-pyrrole nitrogens is 1. The molecule has 1 aliphatic heterocycles. The van der Waals surface area contributed by atoms with E-state index in [9.17, 15) is 22.4 Å². The molecule has 0 aliphatic carbocycles. The van der Waals surface area contributed by atoms with Gasteiger partial charge in [0.05, 0.1) is 18.3 Å². The first-order valence-electron chi connectivity index (χ1n) is 10.8. The van der Waals surface area contributed by atoms with Gasteiger partial charge in [-0.15, -0.1) is 0 Å². The van der Waals surface area contributed by atoms with Crippen LogP contribution in [0.2, 0.25) is 0 Å². The van der Waals surface area contributed by atoms with E-state index in [4.69, 9.17) is 8.83 Å². The molecule has 4 aromatic heterocycles. The first-order valence-corrected chi connectivity index (χ1v) is 10.8. The summed E-state index contributed by atoms with van der Waals surface area (Å²) in [4.78, 5) is 29.6. The van der Waals surface area contributed by atoms with Crippen molar-refractivity contribution in [2.75, 3.05) is 6.54 Å². The molecule has 1 atom stereocenters. The zero-order valence-electron chi connectivity index (χ0n) is 18.5. The number of aryl methyl sites for hydroxylation is 1. The summed E-state index contributed by atoms with van der Waals surface area (Å²) in [5, 5.41) is 0.438. The number of halogens is 4. The first kappa shape index (κ1) is 22.1. The molecule has 5 heterocycles. The van der Waals surface area contributed by atoms with Gasteiger partial charge in [-0.1, -0.05) is 12.1 Å². The van der Waals surface area contributed by atoms with E-state index in [-0.39, 0.29) is 23.6 Å². The number of rotatable bonds is 3. The lowest BCUT2D eigenvalue weighted by Crippen LogP contribution is -2.41. The lowest BCUT2D eigenvalue weighted by atomic mass is 9.99. The molecule has 36 heavy (non-hydrogen) atoms. The van der Waals surface area contributed by atoms with Crippen molar-refractivity contribution in [1.29, 1.82) is 0 Å². The molecule has 1 amide bonds. The predicted molar refractivity (Wildman–Crippen MR) is 115 cm³/mol. The summed E-state index contributed by atoms with van der Waals surface area (Å²) in [7, 11) is 1.63. The molecule has 1 aliphatic rings. The summed E-state index contributed by atoms with van der Waals surface area (Å²) >= 11 is 0. The Morgan fingerprint density at radius 2 is 2.06 bits per heavy atom. The first-order chi connectivity index (χ1) is 17.2. The minimum atomic E-state index is -4.97. The van der Waals surface area contributed by atoms with Gasteiger partial charge >= 0.3 is 6.18 Å². The van der Waals surface area contributed by atoms with Crippen molar-refractivity contribution < 1.29 is 31.2 Å². The van der Waals surface area contributed by atoms with Crippen molar-refractivity contribution in [1.82, 2.24) is 29.4 Å². The van der Waals surface area contributed by atoms with Crippen molar-refractivity contribution >= 4 is 16.9 Å². The van der Waals surface area contributed by atoms with Crippen LogP contribution in [0.3, 0.4) is 0 Å². The maximum atomic E-state index is 14.3. The second kappa shape index (κ2) is 7.80. The van der Waals surface area contributed by atoms with Crippen molar-refractivity contribution in [2.24, 2.45) is 7.05 Å². The van der Waals surface area contributed by atoms with Crippen LogP contribution in [0.25, 0.3) is 22.6 Å². The van der Waals surface area contributed by atoms with Gasteiger partial charge in [0, 0.05) is 37.3 Å². The molecular formula is C23H16F4N6O3. The summed E-state index contributed by atoms with van der Waals surface area (Å²) in [6, 6.07) is 4.87. The smallest absolute Gasteiger partial charge is 0.437 e. The van der Waals surface area contributed by atoms with Gasteiger partial charge in [-0.3, -0.25) is 4.79 Å². The lowest BCUT2D eigenvalue weighted by Gasteiger charge is -2.33. The molecule has 1 N–H and O–H groups in total. The number of carbonyl (C=O) groups excluding carboxylic acids is 1. The number of furan rings is 1. The van der Waals surface area contributed by atoms with Gasteiger partial charge in [-0.2, -0.15) is 13.2 Å². The average Bonchev–Trinajstić information content (AvgIpc) is 3.62. The molecule has 6 rings (SSSR count). The minimum absolute atomic E-state index is 0.0230. The largest absolute Gasteiger partial charge is 0.455 e. The molecule has 0 spiro atoms. The Balaban J connectivity index is 1.48. The fourth-order valence-electron chi connectivity index (χ4n) is 4.39. The number of nitrogens with zero attached hydrogens (tertiary/aromatic N) is 5. The molecule has 5 aromatic rings. The fourth-order valence-corrected chi connectivity index (χ4v) is 4.39. The summed E-state index contributed by atoms with van der Waals surface area (Å²) in [6.07, 6.45) is -0.456. The number of para-hydroxylation sites is 1. The van der Waals surface area contributed by atoms with Crippen LogP contribution in [-0.4, -0.2) is 41.9 Å². The van der Waals surface area contributed by atoms with E-state index in [1.165, 1.54) is 41.6 Å². The van der Waals surface area contributed by atoms with Gasteiger partial charge in [0.2, 0.25) is 11.7 Å². The molecule has 0 unspecified atom stereocenters. The fraction of sp³-hybridized carbons (Fsp3) is 0.217. The second-order valence-corrected chi connectivity index (χ2v) is 8.34. The van der Waals surface area contributed by atoms with Crippen LogP contribution in [0.1, 0.15) is 39.4 Å². The zero-order valence-corrected chi connectivity index (χ0v) is 18.5. The van der Waals surface area contributed by atoms with Crippen molar-refractivity contribution in [3.63, 3.8) is 0 Å². The van der Waals surface area contributed by atoms with Gasteiger partial charge < -0.3 is 23.3 Å². The number of carbonyl (C=O) groups is 1. The molecule has 0 fully saturated rings. The van der Waals surface area contributed by atoms with Crippen LogP contribution in [0.4, 0.5) is 17.6 Å². The van der Waals surface area contributed by atoms with E-state index in [1.807, 2.05) is 0 Å². The minimum Gasteiger partial charge on any atom is -0.455 e. The highest BCUT2D eigenvalue weighted by Gasteiger charge is 2.45. The lowest BCUT2D eigenvalue weighted by molar-refractivity contribution is -0.141. The van der Waals surface area contributed by atoms with Gasteiger partial charge in [0.15, 0.2) is 17.1 Å². The van der Waals surface area contributed by atoms with Crippen molar-refractivity contribution in [2.45, 2.75) is 18.6 Å². The van der Waals surface area contributed by atoms with Gasteiger partial charge in [-0.25, -0.2) is 19.3 Å². The number of hydrogen-bond acceptors (Lipinski definition) is 6. The van der Waals surface area contributed by atoms with Crippen LogP contribution in [-0.2, 0) is 19.6 Å². The Hall–Kier alpha value is -4.42. The summed E-state index contributed by atoms with van der Waals surface area (Å²) in [6.45, 7) is 0.0230. The molecule has 13 heteroatoms. The molecule has 184 valence electrons. The van der Waals surface area contributed by atoms with E-state index in [0.717, 1.165) is 4.90 Å².